The minimum atomic E-state index is -3.69. The molecule has 1 aromatic heterocycles. The Morgan fingerprint density at radius 3 is 2.67 bits per heavy atom. The van der Waals surface area contributed by atoms with Gasteiger partial charge in [-0.05, 0) is 11.4 Å². The van der Waals surface area contributed by atoms with Crippen LogP contribution in [0.5, 0.6) is 0 Å². The summed E-state index contributed by atoms with van der Waals surface area (Å²) < 4.78 is 21.0. The third kappa shape index (κ3) is 2.72. The Hall–Kier alpha value is -0.720. The number of rotatable bonds is 3. The summed E-state index contributed by atoms with van der Waals surface area (Å²) in [6.45, 7) is 0. The van der Waals surface area contributed by atoms with Gasteiger partial charge in [0.05, 0.1) is 0 Å². The molecule has 0 unspecified atom stereocenters. The van der Waals surface area contributed by atoms with Crippen LogP contribution in [-0.2, 0) is 10.0 Å². The Kier molecular flexibility index (Phi) is 2.61. The van der Waals surface area contributed by atoms with Crippen molar-refractivity contribution in [2.75, 3.05) is 5.75 Å². The Morgan fingerprint density at radius 1 is 1.58 bits per heavy atom. The SMILES string of the molecule is NS(=O)(=O)CC(=O)c1ccsc1. The summed E-state index contributed by atoms with van der Waals surface area (Å²) in [5.41, 5.74) is 0.397. The molecule has 6 heteroatoms. The van der Waals surface area contributed by atoms with Gasteiger partial charge in [0, 0.05) is 10.9 Å². The predicted octanol–water partition coefficient (Wildman–Crippen LogP) is 0.219. The molecule has 0 bridgehead atoms. The molecule has 0 atom stereocenters. The molecule has 0 aliphatic heterocycles. The average molecular weight is 205 g/mol. The van der Waals surface area contributed by atoms with Crippen molar-refractivity contribution in [2.45, 2.75) is 0 Å². The van der Waals surface area contributed by atoms with E-state index in [1.54, 1.807) is 16.8 Å². The molecule has 0 saturated carbocycles. The molecule has 1 aromatic rings. The lowest BCUT2D eigenvalue weighted by Gasteiger charge is -1.93. The van der Waals surface area contributed by atoms with Crippen molar-refractivity contribution >= 4 is 27.1 Å². The van der Waals surface area contributed by atoms with Gasteiger partial charge in [-0.15, -0.1) is 0 Å². The maximum absolute atomic E-state index is 11.1. The summed E-state index contributed by atoms with van der Waals surface area (Å²) in [5.74, 6) is -1.08. The van der Waals surface area contributed by atoms with Crippen LogP contribution in [0.3, 0.4) is 0 Å². The molecule has 0 fully saturated rings. The van der Waals surface area contributed by atoms with E-state index in [2.05, 4.69) is 0 Å². The molecule has 0 aromatic carbocycles. The molecule has 1 rings (SSSR count). The van der Waals surface area contributed by atoms with Crippen LogP contribution in [0.2, 0.25) is 0 Å². The maximum Gasteiger partial charge on any atom is 0.216 e. The molecule has 0 aliphatic carbocycles. The van der Waals surface area contributed by atoms with E-state index in [1.807, 2.05) is 0 Å². The monoisotopic (exact) mass is 205 g/mol. The molecule has 2 N–H and O–H groups in total. The van der Waals surface area contributed by atoms with Gasteiger partial charge in [0.1, 0.15) is 5.75 Å². The number of Topliss-reactive ketones (excluding diaryl/α,β-unsaturated/α-hetero) is 1. The van der Waals surface area contributed by atoms with Crippen LogP contribution in [-0.4, -0.2) is 20.0 Å². The van der Waals surface area contributed by atoms with E-state index in [1.165, 1.54) is 11.3 Å². The van der Waals surface area contributed by atoms with E-state index in [9.17, 15) is 13.2 Å². The number of primary sulfonamides is 1. The van der Waals surface area contributed by atoms with Gasteiger partial charge >= 0.3 is 0 Å². The van der Waals surface area contributed by atoms with E-state index < -0.39 is 21.6 Å². The zero-order chi connectivity index (χ0) is 9.19. The number of carbonyl (C=O) groups is 1. The van der Waals surface area contributed by atoms with Crippen LogP contribution in [0, 0.1) is 0 Å². The smallest absolute Gasteiger partial charge is 0.216 e. The molecule has 0 aliphatic rings. The van der Waals surface area contributed by atoms with Crippen LogP contribution in [0.4, 0.5) is 0 Å². The number of hydrogen-bond acceptors (Lipinski definition) is 4. The molecule has 4 nitrogen and oxygen atoms in total. The summed E-state index contributed by atoms with van der Waals surface area (Å²) in [6.07, 6.45) is 0. The van der Waals surface area contributed by atoms with Crippen molar-refractivity contribution in [1.29, 1.82) is 0 Å². The number of ketones is 1. The van der Waals surface area contributed by atoms with E-state index in [0.717, 1.165) is 0 Å². The second-order valence-electron chi connectivity index (χ2n) is 2.24. The molecule has 0 spiro atoms. The van der Waals surface area contributed by atoms with E-state index in [0.29, 0.717) is 5.56 Å². The first-order valence-electron chi connectivity index (χ1n) is 3.05. The van der Waals surface area contributed by atoms with Gasteiger partial charge in [-0.3, -0.25) is 4.79 Å². The summed E-state index contributed by atoms with van der Waals surface area (Å²) in [4.78, 5) is 11.1. The second kappa shape index (κ2) is 3.34. The van der Waals surface area contributed by atoms with Gasteiger partial charge in [0.15, 0.2) is 5.78 Å². The predicted molar refractivity (Wildman–Crippen MR) is 46.6 cm³/mol. The van der Waals surface area contributed by atoms with E-state index in [-0.39, 0.29) is 0 Å². The molecular weight excluding hydrogens is 198 g/mol. The highest BCUT2D eigenvalue weighted by Gasteiger charge is 2.13. The van der Waals surface area contributed by atoms with Crippen LogP contribution in [0.25, 0.3) is 0 Å². The van der Waals surface area contributed by atoms with Gasteiger partial charge in [-0.25, -0.2) is 13.6 Å². The lowest BCUT2D eigenvalue weighted by Crippen LogP contribution is -2.22. The normalized spacial score (nSPS) is 11.4. The van der Waals surface area contributed by atoms with Gasteiger partial charge in [0.2, 0.25) is 10.0 Å². The van der Waals surface area contributed by atoms with Gasteiger partial charge in [-0.1, -0.05) is 0 Å². The zero-order valence-corrected chi connectivity index (χ0v) is 7.69. The highest BCUT2D eigenvalue weighted by molar-refractivity contribution is 7.89. The minimum absolute atomic E-state index is 0.397. The summed E-state index contributed by atoms with van der Waals surface area (Å²) in [5, 5.41) is 7.99. The fourth-order valence-corrected chi connectivity index (χ4v) is 1.88. The Labute approximate surface area is 74.1 Å². The van der Waals surface area contributed by atoms with Gasteiger partial charge in [-0.2, -0.15) is 11.3 Å². The highest BCUT2D eigenvalue weighted by Crippen LogP contribution is 2.07. The topological polar surface area (TPSA) is 77.2 Å². The molecule has 0 saturated heterocycles. The molecule has 12 heavy (non-hydrogen) atoms. The van der Waals surface area contributed by atoms with Crippen molar-refractivity contribution in [1.82, 2.24) is 0 Å². The largest absolute Gasteiger partial charge is 0.293 e. The molecule has 0 radical (unpaired) electrons. The molecule has 66 valence electrons. The first kappa shape index (κ1) is 9.37. The number of thiophene rings is 1. The Bertz CT molecular complexity index is 366. The first-order chi connectivity index (χ1) is 5.49. The lowest BCUT2D eigenvalue weighted by molar-refractivity contribution is 0.102. The number of carbonyl (C=O) groups excluding carboxylic acids is 1. The number of nitrogens with two attached hydrogens (primary N) is 1. The standard InChI is InChI=1S/C6H7NO3S2/c7-12(9,10)4-6(8)5-1-2-11-3-5/h1-3H,4H2,(H2,7,9,10). The van der Waals surface area contributed by atoms with Crippen molar-refractivity contribution in [3.05, 3.63) is 22.4 Å². The molecular formula is C6H7NO3S2. The summed E-state index contributed by atoms with van der Waals surface area (Å²) >= 11 is 1.34. The van der Waals surface area contributed by atoms with Crippen LogP contribution < -0.4 is 5.14 Å². The average Bonchev–Trinajstić information content (AvgIpc) is 2.32. The third-order valence-electron chi connectivity index (χ3n) is 1.18. The quantitative estimate of drug-likeness (QED) is 0.717. The van der Waals surface area contributed by atoms with Crippen molar-refractivity contribution < 1.29 is 13.2 Å². The number of hydrogen-bond donors (Lipinski definition) is 1. The summed E-state index contributed by atoms with van der Waals surface area (Å²) in [6, 6.07) is 1.57. The summed E-state index contributed by atoms with van der Waals surface area (Å²) in [7, 11) is -3.69. The van der Waals surface area contributed by atoms with Crippen molar-refractivity contribution in [3.8, 4) is 0 Å². The van der Waals surface area contributed by atoms with Crippen molar-refractivity contribution in [3.63, 3.8) is 0 Å². The maximum atomic E-state index is 11.1. The fraction of sp³-hybridized carbons (Fsp3) is 0.167. The second-order valence-corrected chi connectivity index (χ2v) is 4.64. The van der Waals surface area contributed by atoms with Crippen LogP contribution in [0.1, 0.15) is 10.4 Å². The van der Waals surface area contributed by atoms with Crippen LogP contribution in [0.15, 0.2) is 16.8 Å². The lowest BCUT2D eigenvalue weighted by atomic mass is 10.2. The molecule has 0 amide bonds. The third-order valence-corrected chi connectivity index (χ3v) is 2.52. The Balaban J connectivity index is 2.76. The number of sulfonamides is 1. The van der Waals surface area contributed by atoms with E-state index >= 15 is 0 Å². The fourth-order valence-electron chi connectivity index (χ4n) is 0.689. The first-order valence-corrected chi connectivity index (χ1v) is 5.71. The minimum Gasteiger partial charge on any atom is -0.293 e. The van der Waals surface area contributed by atoms with Gasteiger partial charge < -0.3 is 0 Å². The highest BCUT2D eigenvalue weighted by atomic mass is 32.2. The molecule has 1 heterocycles. The Morgan fingerprint density at radius 2 is 2.25 bits per heavy atom. The van der Waals surface area contributed by atoms with E-state index in [4.69, 9.17) is 5.14 Å². The zero-order valence-electron chi connectivity index (χ0n) is 6.06. The van der Waals surface area contributed by atoms with Crippen molar-refractivity contribution in [2.24, 2.45) is 5.14 Å². The van der Waals surface area contributed by atoms with Gasteiger partial charge in [0.25, 0.3) is 0 Å². The van der Waals surface area contributed by atoms with Crippen LogP contribution >= 0.6 is 11.3 Å².